The van der Waals surface area contributed by atoms with E-state index in [0.717, 1.165) is 5.56 Å². The fourth-order valence-corrected chi connectivity index (χ4v) is 4.67. The third-order valence-corrected chi connectivity index (χ3v) is 6.20. The molecule has 138 valence electrons. The van der Waals surface area contributed by atoms with E-state index in [0.29, 0.717) is 18.5 Å². The summed E-state index contributed by atoms with van der Waals surface area (Å²) in [6, 6.07) is 6.99. The van der Waals surface area contributed by atoms with Crippen LogP contribution < -0.4 is 5.32 Å². The standard InChI is InChI=1S/C17H25N3O4S/c1-18-17(22)14-6-4-13(5-7-14)10-19(2)11-16(21)20(3)15-8-9-25(23,24)12-15/h4-7,15H,8-12H2,1-3H3,(H,18,22)/t15-/m0/s1. The summed E-state index contributed by atoms with van der Waals surface area (Å²) in [5.74, 6) is -0.0160. The number of sulfone groups is 1. The van der Waals surface area contributed by atoms with Crippen LogP contribution in [0.3, 0.4) is 0 Å². The van der Waals surface area contributed by atoms with E-state index in [-0.39, 0.29) is 35.9 Å². The summed E-state index contributed by atoms with van der Waals surface area (Å²) in [7, 11) is 2.08. The fraction of sp³-hybridized carbons (Fsp3) is 0.529. The van der Waals surface area contributed by atoms with Gasteiger partial charge in [-0.2, -0.15) is 0 Å². The van der Waals surface area contributed by atoms with E-state index in [9.17, 15) is 18.0 Å². The molecule has 1 aliphatic rings. The number of likely N-dealkylation sites (N-methyl/N-ethyl adjacent to an activating group) is 2. The van der Waals surface area contributed by atoms with Crippen molar-refractivity contribution in [3.63, 3.8) is 0 Å². The maximum Gasteiger partial charge on any atom is 0.251 e. The molecule has 1 heterocycles. The zero-order valence-electron chi connectivity index (χ0n) is 14.9. The predicted molar refractivity (Wildman–Crippen MR) is 96.0 cm³/mol. The highest BCUT2D eigenvalue weighted by atomic mass is 32.2. The van der Waals surface area contributed by atoms with Gasteiger partial charge in [0.15, 0.2) is 9.84 Å². The van der Waals surface area contributed by atoms with Crippen LogP contribution in [0.15, 0.2) is 24.3 Å². The smallest absolute Gasteiger partial charge is 0.251 e. The molecule has 1 N–H and O–H groups in total. The molecule has 1 saturated heterocycles. The van der Waals surface area contributed by atoms with Crippen LogP contribution in [0.4, 0.5) is 0 Å². The highest BCUT2D eigenvalue weighted by Gasteiger charge is 2.32. The van der Waals surface area contributed by atoms with E-state index in [4.69, 9.17) is 0 Å². The second-order valence-corrected chi connectivity index (χ2v) is 8.74. The first kappa shape index (κ1) is 19.4. The lowest BCUT2D eigenvalue weighted by Crippen LogP contribution is -2.42. The molecule has 0 spiro atoms. The largest absolute Gasteiger partial charge is 0.355 e. The number of carbonyl (C=O) groups is 2. The molecule has 1 aromatic rings. The van der Waals surface area contributed by atoms with E-state index in [2.05, 4.69) is 5.32 Å². The van der Waals surface area contributed by atoms with Gasteiger partial charge in [-0.15, -0.1) is 0 Å². The monoisotopic (exact) mass is 367 g/mol. The Morgan fingerprint density at radius 2 is 1.84 bits per heavy atom. The zero-order chi connectivity index (χ0) is 18.6. The van der Waals surface area contributed by atoms with Gasteiger partial charge in [-0.3, -0.25) is 14.5 Å². The van der Waals surface area contributed by atoms with Gasteiger partial charge in [-0.1, -0.05) is 12.1 Å². The van der Waals surface area contributed by atoms with Gasteiger partial charge < -0.3 is 10.2 Å². The molecule has 1 atom stereocenters. The van der Waals surface area contributed by atoms with E-state index < -0.39 is 9.84 Å². The normalized spacial score (nSPS) is 19.0. The highest BCUT2D eigenvalue weighted by molar-refractivity contribution is 7.91. The Balaban J connectivity index is 1.88. The SMILES string of the molecule is CNC(=O)c1ccc(CN(C)CC(=O)N(C)[C@H]2CCS(=O)(=O)C2)cc1. The third kappa shape index (κ3) is 5.27. The minimum Gasteiger partial charge on any atom is -0.355 e. The molecule has 8 heteroatoms. The van der Waals surface area contributed by atoms with Crippen molar-refractivity contribution in [2.45, 2.75) is 19.0 Å². The van der Waals surface area contributed by atoms with Crippen molar-refractivity contribution in [2.75, 3.05) is 39.2 Å². The van der Waals surface area contributed by atoms with Crippen LogP contribution in [0.5, 0.6) is 0 Å². The molecule has 1 aromatic carbocycles. The highest BCUT2D eigenvalue weighted by Crippen LogP contribution is 2.17. The lowest BCUT2D eigenvalue weighted by molar-refractivity contribution is -0.132. The van der Waals surface area contributed by atoms with Crippen LogP contribution in [0.1, 0.15) is 22.3 Å². The van der Waals surface area contributed by atoms with Crippen LogP contribution in [0.2, 0.25) is 0 Å². The van der Waals surface area contributed by atoms with Crippen LogP contribution in [-0.2, 0) is 21.2 Å². The van der Waals surface area contributed by atoms with Crippen molar-refractivity contribution in [1.29, 1.82) is 0 Å². The summed E-state index contributed by atoms with van der Waals surface area (Å²) in [4.78, 5) is 27.3. The predicted octanol–water partition coefficient (Wildman–Crippen LogP) is 0.124. The maximum atomic E-state index is 12.4. The maximum absolute atomic E-state index is 12.4. The molecule has 0 bridgehead atoms. The molecular weight excluding hydrogens is 342 g/mol. The topological polar surface area (TPSA) is 86.8 Å². The Morgan fingerprint density at radius 3 is 2.36 bits per heavy atom. The van der Waals surface area contributed by atoms with Crippen LogP contribution >= 0.6 is 0 Å². The van der Waals surface area contributed by atoms with Gasteiger partial charge in [-0.25, -0.2) is 8.42 Å². The Hall–Kier alpha value is -1.93. The van der Waals surface area contributed by atoms with Crippen molar-refractivity contribution >= 4 is 21.7 Å². The molecule has 7 nitrogen and oxygen atoms in total. The van der Waals surface area contributed by atoms with Crippen LogP contribution in [0, 0.1) is 0 Å². The van der Waals surface area contributed by atoms with Crippen LogP contribution in [-0.4, -0.2) is 75.3 Å². The summed E-state index contributed by atoms with van der Waals surface area (Å²) >= 11 is 0. The van der Waals surface area contributed by atoms with Crippen molar-refractivity contribution in [2.24, 2.45) is 0 Å². The molecule has 1 aliphatic heterocycles. The van der Waals surface area contributed by atoms with Crippen LogP contribution in [0.25, 0.3) is 0 Å². The quantitative estimate of drug-likeness (QED) is 0.772. The average Bonchev–Trinajstić information content (AvgIpc) is 2.93. The molecule has 2 rings (SSSR count). The Morgan fingerprint density at radius 1 is 1.20 bits per heavy atom. The van der Waals surface area contributed by atoms with Gasteiger partial charge in [-0.05, 0) is 31.2 Å². The lowest BCUT2D eigenvalue weighted by atomic mass is 10.1. The molecule has 0 aromatic heterocycles. The molecule has 0 saturated carbocycles. The van der Waals surface area contributed by atoms with Gasteiger partial charge in [0.05, 0.1) is 18.1 Å². The Labute approximate surface area is 148 Å². The molecule has 2 amide bonds. The van der Waals surface area contributed by atoms with Gasteiger partial charge in [0.2, 0.25) is 5.91 Å². The average molecular weight is 367 g/mol. The number of amides is 2. The van der Waals surface area contributed by atoms with E-state index in [1.807, 2.05) is 24.1 Å². The third-order valence-electron chi connectivity index (χ3n) is 4.45. The number of nitrogens with one attached hydrogen (secondary N) is 1. The number of hydrogen-bond donors (Lipinski definition) is 1. The second-order valence-electron chi connectivity index (χ2n) is 6.51. The van der Waals surface area contributed by atoms with Crippen molar-refractivity contribution in [1.82, 2.24) is 15.1 Å². The Bertz CT molecular complexity index is 731. The molecule has 0 aliphatic carbocycles. The number of hydrogen-bond acceptors (Lipinski definition) is 5. The molecular formula is C17H25N3O4S. The molecule has 1 fully saturated rings. The number of nitrogens with zero attached hydrogens (tertiary/aromatic N) is 2. The summed E-state index contributed by atoms with van der Waals surface area (Å²) in [6.07, 6.45) is 0.509. The summed E-state index contributed by atoms with van der Waals surface area (Å²) in [5.41, 5.74) is 1.58. The zero-order valence-corrected chi connectivity index (χ0v) is 15.7. The minimum atomic E-state index is -3.00. The summed E-state index contributed by atoms with van der Waals surface area (Å²) in [6.45, 7) is 0.779. The first-order valence-electron chi connectivity index (χ1n) is 8.17. The van der Waals surface area contributed by atoms with Gasteiger partial charge in [0.1, 0.15) is 0 Å². The lowest BCUT2D eigenvalue weighted by Gasteiger charge is -2.26. The molecule has 25 heavy (non-hydrogen) atoms. The van der Waals surface area contributed by atoms with E-state index >= 15 is 0 Å². The van der Waals surface area contributed by atoms with Crippen molar-refractivity contribution in [3.05, 3.63) is 35.4 Å². The summed E-state index contributed by atoms with van der Waals surface area (Å²) < 4.78 is 23.1. The van der Waals surface area contributed by atoms with Gasteiger partial charge >= 0.3 is 0 Å². The minimum absolute atomic E-state index is 0.0555. The van der Waals surface area contributed by atoms with Crippen molar-refractivity contribution in [3.8, 4) is 0 Å². The van der Waals surface area contributed by atoms with Gasteiger partial charge in [0.25, 0.3) is 5.91 Å². The van der Waals surface area contributed by atoms with E-state index in [1.165, 1.54) is 0 Å². The van der Waals surface area contributed by atoms with E-state index in [1.54, 1.807) is 31.1 Å². The Kier molecular flexibility index (Phi) is 6.18. The second kappa shape index (κ2) is 7.97. The van der Waals surface area contributed by atoms with Crippen molar-refractivity contribution < 1.29 is 18.0 Å². The first-order valence-corrected chi connectivity index (χ1v) is 9.99. The summed E-state index contributed by atoms with van der Waals surface area (Å²) in [5, 5.41) is 2.57. The van der Waals surface area contributed by atoms with Gasteiger partial charge in [0, 0.05) is 32.2 Å². The molecule has 0 unspecified atom stereocenters. The number of benzene rings is 1. The molecule has 0 radical (unpaired) electrons. The first-order chi connectivity index (χ1) is 11.7. The fourth-order valence-electron chi connectivity index (χ4n) is 2.90. The number of carbonyl (C=O) groups excluding carboxylic acids is 2. The number of rotatable bonds is 6.